The number of aromatic nitrogens is 3. The van der Waals surface area contributed by atoms with Crippen LogP contribution in [0.2, 0.25) is 5.02 Å². The second-order valence-electron chi connectivity index (χ2n) is 7.01. The van der Waals surface area contributed by atoms with E-state index in [1.807, 2.05) is 23.1 Å². The van der Waals surface area contributed by atoms with Crippen molar-refractivity contribution in [2.24, 2.45) is 0 Å². The van der Waals surface area contributed by atoms with Crippen molar-refractivity contribution in [1.29, 1.82) is 0 Å². The average Bonchev–Trinajstić information content (AvgIpc) is 3.18. The summed E-state index contributed by atoms with van der Waals surface area (Å²) in [4.78, 5) is 16.7. The van der Waals surface area contributed by atoms with E-state index >= 15 is 0 Å². The Labute approximate surface area is 173 Å². The van der Waals surface area contributed by atoms with E-state index in [9.17, 15) is 9.18 Å². The summed E-state index contributed by atoms with van der Waals surface area (Å²) in [5.41, 5.74) is 2.04. The number of rotatable bonds is 5. The SMILES string of the molecule is O=C(Cc1ccccc1Cl)N1CCN(Cc2cnnn2-c2ccccc2F)CC1. The Morgan fingerprint density at radius 1 is 1.03 bits per heavy atom. The van der Waals surface area contributed by atoms with E-state index < -0.39 is 0 Å². The Morgan fingerprint density at radius 3 is 2.52 bits per heavy atom. The molecule has 0 radical (unpaired) electrons. The number of benzene rings is 2. The highest BCUT2D eigenvalue weighted by Gasteiger charge is 2.23. The summed E-state index contributed by atoms with van der Waals surface area (Å²) >= 11 is 6.17. The third-order valence-electron chi connectivity index (χ3n) is 5.11. The predicted molar refractivity (Wildman–Crippen MR) is 108 cm³/mol. The average molecular weight is 414 g/mol. The van der Waals surface area contributed by atoms with Crippen LogP contribution in [0.5, 0.6) is 0 Å². The lowest BCUT2D eigenvalue weighted by Gasteiger charge is -2.34. The first kappa shape index (κ1) is 19.5. The molecule has 0 saturated carbocycles. The first-order chi connectivity index (χ1) is 14.1. The lowest BCUT2D eigenvalue weighted by Crippen LogP contribution is -2.48. The Morgan fingerprint density at radius 2 is 1.76 bits per heavy atom. The van der Waals surface area contributed by atoms with Crippen molar-refractivity contribution in [1.82, 2.24) is 24.8 Å². The highest BCUT2D eigenvalue weighted by Crippen LogP contribution is 2.18. The van der Waals surface area contributed by atoms with Crippen LogP contribution in [-0.4, -0.2) is 56.9 Å². The predicted octanol–water partition coefficient (Wildman–Crippen LogP) is 2.95. The standard InChI is InChI=1S/C21H21ClFN5O/c22-18-6-2-1-5-16(18)13-21(29)27-11-9-26(10-12-27)15-17-14-24-25-28(17)20-8-4-3-7-19(20)23/h1-8,14H,9-13,15H2. The molecule has 1 aliphatic rings. The molecule has 4 rings (SSSR count). The van der Waals surface area contributed by atoms with E-state index in [-0.39, 0.29) is 11.7 Å². The van der Waals surface area contributed by atoms with Crippen molar-refractivity contribution < 1.29 is 9.18 Å². The number of para-hydroxylation sites is 1. The number of carbonyl (C=O) groups is 1. The first-order valence-corrected chi connectivity index (χ1v) is 9.87. The van der Waals surface area contributed by atoms with Crippen molar-refractivity contribution in [3.05, 3.63) is 76.8 Å². The van der Waals surface area contributed by atoms with Crippen molar-refractivity contribution in [3.8, 4) is 5.69 Å². The molecule has 0 N–H and O–H groups in total. The minimum absolute atomic E-state index is 0.0795. The van der Waals surface area contributed by atoms with E-state index in [0.29, 0.717) is 36.8 Å². The number of hydrogen-bond donors (Lipinski definition) is 0. The van der Waals surface area contributed by atoms with Crippen molar-refractivity contribution in [3.63, 3.8) is 0 Å². The van der Waals surface area contributed by atoms with E-state index in [0.717, 1.165) is 24.3 Å². The molecule has 1 aromatic heterocycles. The quantitative estimate of drug-likeness (QED) is 0.645. The van der Waals surface area contributed by atoms with Crippen LogP contribution in [0.3, 0.4) is 0 Å². The Balaban J connectivity index is 1.35. The zero-order valence-electron chi connectivity index (χ0n) is 15.8. The summed E-state index contributed by atoms with van der Waals surface area (Å²) in [6.45, 7) is 3.34. The number of hydrogen-bond acceptors (Lipinski definition) is 4. The molecule has 29 heavy (non-hydrogen) atoms. The number of nitrogens with zero attached hydrogens (tertiary/aromatic N) is 5. The van der Waals surface area contributed by atoms with Gasteiger partial charge >= 0.3 is 0 Å². The van der Waals surface area contributed by atoms with Gasteiger partial charge in [-0.2, -0.15) is 0 Å². The Bertz CT molecular complexity index is 1000. The fraction of sp³-hybridized carbons (Fsp3) is 0.286. The molecular formula is C21H21ClFN5O. The summed E-state index contributed by atoms with van der Waals surface area (Å²) in [7, 11) is 0. The summed E-state index contributed by atoms with van der Waals surface area (Å²) in [5, 5.41) is 8.60. The molecule has 2 heterocycles. The van der Waals surface area contributed by atoms with E-state index in [4.69, 9.17) is 11.6 Å². The van der Waals surface area contributed by atoms with Crippen LogP contribution >= 0.6 is 11.6 Å². The molecule has 2 aromatic carbocycles. The van der Waals surface area contributed by atoms with Crippen molar-refractivity contribution >= 4 is 17.5 Å². The summed E-state index contributed by atoms with van der Waals surface area (Å²) in [6, 6.07) is 13.9. The second kappa shape index (κ2) is 8.71. The van der Waals surface area contributed by atoms with Gasteiger partial charge in [0.2, 0.25) is 5.91 Å². The van der Waals surface area contributed by atoms with Crippen LogP contribution < -0.4 is 0 Å². The Hall–Kier alpha value is -2.77. The highest BCUT2D eigenvalue weighted by atomic mass is 35.5. The molecule has 1 aliphatic heterocycles. The van der Waals surface area contributed by atoms with Gasteiger partial charge in [-0.15, -0.1) is 5.10 Å². The molecule has 0 unspecified atom stereocenters. The molecule has 1 amide bonds. The van der Waals surface area contributed by atoms with E-state index in [1.54, 1.807) is 30.5 Å². The number of halogens is 2. The normalized spacial score (nSPS) is 14.9. The molecule has 0 spiro atoms. The van der Waals surface area contributed by atoms with Crippen LogP contribution in [0.15, 0.2) is 54.7 Å². The third-order valence-corrected chi connectivity index (χ3v) is 5.48. The maximum absolute atomic E-state index is 14.1. The van der Waals surface area contributed by atoms with E-state index in [2.05, 4.69) is 15.2 Å². The third kappa shape index (κ3) is 4.46. The smallest absolute Gasteiger partial charge is 0.227 e. The van der Waals surface area contributed by atoms with Crippen LogP contribution in [0.25, 0.3) is 5.69 Å². The molecule has 3 aromatic rings. The maximum atomic E-state index is 14.1. The number of piperazine rings is 1. The van der Waals surface area contributed by atoms with Gasteiger partial charge in [-0.3, -0.25) is 9.69 Å². The number of carbonyl (C=O) groups excluding carboxylic acids is 1. The van der Waals surface area contributed by atoms with Gasteiger partial charge in [0.05, 0.1) is 18.3 Å². The molecule has 0 bridgehead atoms. The molecule has 0 atom stereocenters. The fourth-order valence-corrected chi connectivity index (χ4v) is 3.69. The summed E-state index contributed by atoms with van der Waals surface area (Å²) in [5.74, 6) is -0.259. The summed E-state index contributed by atoms with van der Waals surface area (Å²) < 4.78 is 15.6. The van der Waals surface area contributed by atoms with Crippen molar-refractivity contribution in [2.45, 2.75) is 13.0 Å². The van der Waals surface area contributed by atoms with E-state index in [1.165, 1.54) is 10.7 Å². The number of amides is 1. The lowest BCUT2D eigenvalue weighted by molar-refractivity contribution is -0.132. The van der Waals surface area contributed by atoms with Gasteiger partial charge in [0.15, 0.2) is 0 Å². The molecule has 6 nitrogen and oxygen atoms in total. The zero-order chi connectivity index (χ0) is 20.2. The van der Waals surface area contributed by atoms with Gasteiger partial charge in [0.1, 0.15) is 11.5 Å². The van der Waals surface area contributed by atoms with Gasteiger partial charge < -0.3 is 4.90 Å². The van der Waals surface area contributed by atoms with Crippen molar-refractivity contribution in [2.75, 3.05) is 26.2 Å². The largest absolute Gasteiger partial charge is 0.340 e. The van der Waals surface area contributed by atoms with Gasteiger partial charge in [-0.1, -0.05) is 47.1 Å². The van der Waals surface area contributed by atoms with Crippen LogP contribution in [-0.2, 0) is 17.8 Å². The molecular weight excluding hydrogens is 393 g/mol. The van der Waals surface area contributed by atoms with Gasteiger partial charge in [-0.05, 0) is 23.8 Å². The fourth-order valence-electron chi connectivity index (χ4n) is 3.49. The second-order valence-corrected chi connectivity index (χ2v) is 7.42. The summed E-state index contributed by atoms with van der Waals surface area (Å²) in [6.07, 6.45) is 1.96. The van der Waals surface area contributed by atoms with Gasteiger partial charge in [0, 0.05) is 37.7 Å². The molecule has 1 saturated heterocycles. The first-order valence-electron chi connectivity index (χ1n) is 9.50. The van der Waals surface area contributed by atoms with Crippen LogP contribution in [0, 0.1) is 5.82 Å². The Kier molecular flexibility index (Phi) is 5.87. The van der Waals surface area contributed by atoms with Gasteiger partial charge in [-0.25, -0.2) is 9.07 Å². The zero-order valence-corrected chi connectivity index (χ0v) is 16.6. The highest BCUT2D eigenvalue weighted by molar-refractivity contribution is 6.31. The molecule has 1 fully saturated rings. The molecule has 150 valence electrons. The molecule has 0 aliphatic carbocycles. The monoisotopic (exact) mass is 413 g/mol. The van der Waals surface area contributed by atoms with Gasteiger partial charge in [0.25, 0.3) is 0 Å². The minimum atomic E-state index is -0.339. The molecule has 8 heteroatoms. The maximum Gasteiger partial charge on any atom is 0.227 e. The van der Waals surface area contributed by atoms with Crippen LogP contribution in [0.1, 0.15) is 11.3 Å². The minimum Gasteiger partial charge on any atom is -0.340 e. The van der Waals surface area contributed by atoms with Crippen LogP contribution in [0.4, 0.5) is 4.39 Å². The topological polar surface area (TPSA) is 54.3 Å². The lowest BCUT2D eigenvalue weighted by atomic mass is 10.1.